The molecule has 1 amide bonds. The molecule has 24 heavy (non-hydrogen) atoms. The molecule has 5 nitrogen and oxygen atoms in total. The van der Waals surface area contributed by atoms with E-state index in [1.807, 2.05) is 6.07 Å². The molecule has 2 N–H and O–H groups in total. The minimum Gasteiger partial charge on any atom is -0.448 e. The van der Waals surface area contributed by atoms with Crippen molar-refractivity contribution in [2.24, 2.45) is 0 Å². The van der Waals surface area contributed by atoms with E-state index in [-0.39, 0.29) is 17.9 Å². The molecule has 1 aliphatic carbocycles. The van der Waals surface area contributed by atoms with E-state index in [1.165, 1.54) is 17.4 Å². The predicted molar refractivity (Wildman–Crippen MR) is 90.9 cm³/mol. The van der Waals surface area contributed by atoms with Crippen molar-refractivity contribution in [2.45, 2.75) is 44.1 Å². The highest BCUT2D eigenvalue weighted by Crippen LogP contribution is 2.30. The first-order valence-corrected chi connectivity index (χ1v) is 8.86. The number of amides is 1. The van der Waals surface area contributed by atoms with Crippen molar-refractivity contribution in [1.29, 1.82) is 0 Å². The Hall–Kier alpha value is -2.14. The number of nitrogens with zero attached hydrogens (tertiary/aromatic N) is 1. The van der Waals surface area contributed by atoms with Gasteiger partial charge in [0.15, 0.2) is 11.6 Å². The van der Waals surface area contributed by atoms with E-state index in [1.54, 1.807) is 0 Å². The Bertz CT molecular complexity index is 719. The van der Waals surface area contributed by atoms with Gasteiger partial charge < -0.3 is 15.1 Å². The molecule has 1 saturated heterocycles. The highest BCUT2D eigenvalue weighted by molar-refractivity contribution is 5.92. The van der Waals surface area contributed by atoms with Crippen LogP contribution in [-0.2, 0) is 6.42 Å². The molecule has 0 bridgehead atoms. The summed E-state index contributed by atoms with van der Waals surface area (Å²) in [4.78, 5) is 17.0. The molecular weight excluding hydrogens is 302 g/mol. The predicted octanol–water partition coefficient (Wildman–Crippen LogP) is 2.95. The highest BCUT2D eigenvalue weighted by Gasteiger charge is 2.25. The Morgan fingerprint density at radius 2 is 2.17 bits per heavy atom. The van der Waals surface area contributed by atoms with Crippen LogP contribution in [0.3, 0.4) is 0 Å². The first-order valence-electron chi connectivity index (χ1n) is 8.86. The molecule has 2 heterocycles. The number of carbonyl (C=O) groups is 1. The second-order valence-electron chi connectivity index (χ2n) is 6.73. The minimum atomic E-state index is -0.143. The van der Waals surface area contributed by atoms with Crippen LogP contribution in [-0.4, -0.2) is 24.0 Å². The van der Waals surface area contributed by atoms with E-state index in [2.05, 4.69) is 33.8 Å². The van der Waals surface area contributed by atoms with Gasteiger partial charge in [0.25, 0.3) is 5.91 Å². The van der Waals surface area contributed by atoms with Gasteiger partial charge >= 0.3 is 0 Å². The molecule has 2 atom stereocenters. The number of nitrogens with one attached hydrogen (secondary N) is 2. The van der Waals surface area contributed by atoms with Crippen LogP contribution in [0.15, 0.2) is 34.9 Å². The molecule has 1 fully saturated rings. The van der Waals surface area contributed by atoms with E-state index in [4.69, 9.17) is 4.42 Å². The molecule has 4 rings (SSSR count). The molecule has 1 aliphatic heterocycles. The number of carbonyl (C=O) groups excluding carboxylic acids is 1. The monoisotopic (exact) mass is 325 g/mol. The van der Waals surface area contributed by atoms with E-state index < -0.39 is 0 Å². The zero-order valence-electron chi connectivity index (χ0n) is 13.8. The minimum absolute atomic E-state index is 0.0685. The normalized spacial score (nSPS) is 23.5. The Morgan fingerprint density at radius 1 is 1.25 bits per heavy atom. The fraction of sp³-hybridized carbons (Fsp3) is 0.474. The number of hydrogen-bond donors (Lipinski definition) is 2. The number of rotatable bonds is 3. The number of benzene rings is 1. The van der Waals surface area contributed by atoms with E-state index in [0.717, 1.165) is 45.2 Å². The molecule has 0 saturated carbocycles. The molecule has 126 valence electrons. The fourth-order valence-electron chi connectivity index (χ4n) is 3.78. The quantitative estimate of drug-likeness (QED) is 0.910. The average Bonchev–Trinajstić information content (AvgIpc) is 3.13. The summed E-state index contributed by atoms with van der Waals surface area (Å²) in [5.41, 5.74) is 2.96. The summed E-state index contributed by atoms with van der Waals surface area (Å²) in [6.45, 7) is 1.92. The van der Waals surface area contributed by atoms with Crippen LogP contribution in [0, 0.1) is 0 Å². The van der Waals surface area contributed by atoms with Crippen LogP contribution >= 0.6 is 0 Å². The summed E-state index contributed by atoms with van der Waals surface area (Å²) in [5.74, 6) is 0.808. The van der Waals surface area contributed by atoms with Crippen molar-refractivity contribution >= 4 is 5.91 Å². The number of aromatic nitrogens is 1. The number of fused-ring (bicyclic) bond motifs is 1. The Labute approximate surface area is 141 Å². The SMILES string of the molecule is O=C(NC1CCCc2ccccc21)c1coc(C2CCCNC2)n1. The van der Waals surface area contributed by atoms with Crippen molar-refractivity contribution in [3.05, 3.63) is 53.2 Å². The molecule has 1 aromatic heterocycles. The number of piperidine rings is 1. The number of oxazole rings is 1. The Kier molecular flexibility index (Phi) is 4.34. The lowest BCUT2D eigenvalue weighted by atomic mass is 9.88. The summed E-state index contributed by atoms with van der Waals surface area (Å²) < 4.78 is 5.57. The molecule has 2 aromatic rings. The molecule has 2 aliphatic rings. The second-order valence-corrected chi connectivity index (χ2v) is 6.73. The van der Waals surface area contributed by atoms with Crippen LogP contribution < -0.4 is 10.6 Å². The molecule has 2 unspecified atom stereocenters. The highest BCUT2D eigenvalue weighted by atomic mass is 16.3. The maximum Gasteiger partial charge on any atom is 0.273 e. The van der Waals surface area contributed by atoms with Crippen molar-refractivity contribution in [2.75, 3.05) is 13.1 Å². The van der Waals surface area contributed by atoms with Gasteiger partial charge in [-0.05, 0) is 49.8 Å². The zero-order valence-corrected chi connectivity index (χ0v) is 13.8. The van der Waals surface area contributed by atoms with Gasteiger partial charge in [-0.3, -0.25) is 4.79 Å². The lowest BCUT2D eigenvalue weighted by Crippen LogP contribution is -2.31. The van der Waals surface area contributed by atoms with Gasteiger partial charge in [-0.15, -0.1) is 0 Å². The summed E-state index contributed by atoms with van der Waals surface area (Å²) in [6, 6.07) is 8.43. The lowest BCUT2D eigenvalue weighted by molar-refractivity contribution is 0.0927. The first-order chi connectivity index (χ1) is 11.8. The van der Waals surface area contributed by atoms with Crippen LogP contribution in [0.4, 0.5) is 0 Å². The van der Waals surface area contributed by atoms with Crippen molar-refractivity contribution < 1.29 is 9.21 Å². The molecule has 1 aromatic carbocycles. The van der Waals surface area contributed by atoms with Crippen LogP contribution in [0.2, 0.25) is 0 Å². The van der Waals surface area contributed by atoms with Crippen LogP contribution in [0.1, 0.15) is 65.1 Å². The van der Waals surface area contributed by atoms with Gasteiger partial charge in [-0.25, -0.2) is 4.98 Å². The molecular formula is C19H23N3O2. The van der Waals surface area contributed by atoms with Crippen molar-refractivity contribution in [3.63, 3.8) is 0 Å². The Morgan fingerprint density at radius 3 is 3.04 bits per heavy atom. The summed E-state index contributed by atoms with van der Waals surface area (Å²) in [5, 5.41) is 6.48. The zero-order chi connectivity index (χ0) is 16.4. The average molecular weight is 325 g/mol. The van der Waals surface area contributed by atoms with E-state index in [0.29, 0.717) is 11.6 Å². The van der Waals surface area contributed by atoms with Gasteiger partial charge in [0, 0.05) is 12.5 Å². The summed E-state index contributed by atoms with van der Waals surface area (Å²) in [7, 11) is 0. The van der Waals surface area contributed by atoms with Gasteiger partial charge in [0.05, 0.1) is 6.04 Å². The molecule has 0 radical (unpaired) electrons. The van der Waals surface area contributed by atoms with Crippen molar-refractivity contribution in [3.8, 4) is 0 Å². The maximum absolute atomic E-state index is 12.6. The molecule has 0 spiro atoms. The third-order valence-corrected chi connectivity index (χ3v) is 5.08. The van der Waals surface area contributed by atoms with E-state index in [9.17, 15) is 4.79 Å². The topological polar surface area (TPSA) is 67.2 Å². The number of hydrogen-bond acceptors (Lipinski definition) is 4. The molecule has 5 heteroatoms. The first kappa shape index (κ1) is 15.4. The summed E-state index contributed by atoms with van der Waals surface area (Å²) >= 11 is 0. The Balaban J connectivity index is 1.46. The number of aryl methyl sites for hydroxylation is 1. The third kappa shape index (κ3) is 3.08. The van der Waals surface area contributed by atoms with Gasteiger partial charge in [0.1, 0.15) is 6.26 Å². The standard InChI is InChI=1S/C19H23N3O2/c23-18(17-12-24-19(22-17)14-7-4-10-20-11-14)21-16-9-3-6-13-5-1-2-8-15(13)16/h1-2,5,8,12,14,16,20H,3-4,6-7,9-11H2,(H,21,23). The largest absolute Gasteiger partial charge is 0.448 e. The second kappa shape index (κ2) is 6.77. The smallest absolute Gasteiger partial charge is 0.273 e. The van der Waals surface area contributed by atoms with Crippen LogP contribution in [0.25, 0.3) is 0 Å². The maximum atomic E-state index is 12.6. The summed E-state index contributed by atoms with van der Waals surface area (Å²) in [6.07, 6.45) is 6.83. The third-order valence-electron chi connectivity index (χ3n) is 5.08. The van der Waals surface area contributed by atoms with Gasteiger partial charge in [-0.1, -0.05) is 24.3 Å². The fourth-order valence-corrected chi connectivity index (χ4v) is 3.78. The van der Waals surface area contributed by atoms with Crippen LogP contribution in [0.5, 0.6) is 0 Å². The van der Waals surface area contributed by atoms with Gasteiger partial charge in [-0.2, -0.15) is 0 Å². The lowest BCUT2D eigenvalue weighted by Gasteiger charge is -2.26. The van der Waals surface area contributed by atoms with Gasteiger partial charge in [0.2, 0.25) is 0 Å². The van der Waals surface area contributed by atoms with E-state index >= 15 is 0 Å². The van der Waals surface area contributed by atoms with Crippen molar-refractivity contribution in [1.82, 2.24) is 15.6 Å².